The lowest BCUT2D eigenvalue weighted by Crippen LogP contribution is -2.43. The van der Waals surface area contributed by atoms with E-state index in [1.807, 2.05) is 0 Å². The van der Waals surface area contributed by atoms with E-state index in [1.54, 1.807) is 0 Å². The van der Waals surface area contributed by atoms with Crippen molar-refractivity contribution in [2.75, 3.05) is 26.3 Å². The molecule has 0 radical (unpaired) electrons. The summed E-state index contributed by atoms with van der Waals surface area (Å²) in [5, 5.41) is 3.49. The minimum Gasteiger partial charge on any atom is -0.381 e. The molecule has 0 unspecified atom stereocenters. The van der Waals surface area contributed by atoms with E-state index in [0.29, 0.717) is 5.41 Å². The maximum absolute atomic E-state index is 5.37. The molecule has 2 aliphatic rings. The van der Waals surface area contributed by atoms with Crippen LogP contribution in [0.1, 0.15) is 25.7 Å². The molecule has 2 rings (SSSR count). The molecule has 64 valence electrons. The molecule has 2 heterocycles. The summed E-state index contributed by atoms with van der Waals surface area (Å²) < 4.78 is 5.37. The molecule has 2 nitrogen and oxygen atoms in total. The standard InChI is InChI=1S/C9H17NO/c1-2-9(8-10-5-1)3-6-11-7-4-9/h10H,1-8H2. The topological polar surface area (TPSA) is 21.3 Å². The van der Waals surface area contributed by atoms with Crippen LogP contribution >= 0.6 is 0 Å². The van der Waals surface area contributed by atoms with E-state index >= 15 is 0 Å². The van der Waals surface area contributed by atoms with Gasteiger partial charge in [-0.2, -0.15) is 0 Å². The molecule has 0 aromatic rings. The van der Waals surface area contributed by atoms with Crippen LogP contribution in [0.4, 0.5) is 0 Å². The Morgan fingerprint density at radius 3 is 2.55 bits per heavy atom. The average Bonchev–Trinajstić information content (AvgIpc) is 2.07. The van der Waals surface area contributed by atoms with Gasteiger partial charge in [0, 0.05) is 19.8 Å². The Labute approximate surface area is 68.3 Å². The Morgan fingerprint density at radius 1 is 1.09 bits per heavy atom. The second-order valence-electron chi connectivity index (χ2n) is 3.89. The minimum absolute atomic E-state index is 0.622. The molecule has 11 heavy (non-hydrogen) atoms. The third-order valence-corrected chi connectivity index (χ3v) is 3.11. The van der Waals surface area contributed by atoms with Gasteiger partial charge in [-0.05, 0) is 37.6 Å². The van der Waals surface area contributed by atoms with E-state index < -0.39 is 0 Å². The van der Waals surface area contributed by atoms with Gasteiger partial charge in [0.05, 0.1) is 0 Å². The van der Waals surface area contributed by atoms with E-state index in [2.05, 4.69) is 5.32 Å². The van der Waals surface area contributed by atoms with Crippen LogP contribution in [-0.2, 0) is 4.74 Å². The van der Waals surface area contributed by atoms with Crippen molar-refractivity contribution < 1.29 is 4.74 Å². The van der Waals surface area contributed by atoms with E-state index in [9.17, 15) is 0 Å². The van der Waals surface area contributed by atoms with Crippen molar-refractivity contribution in [2.45, 2.75) is 25.7 Å². The van der Waals surface area contributed by atoms with Gasteiger partial charge >= 0.3 is 0 Å². The Kier molecular flexibility index (Phi) is 2.14. The van der Waals surface area contributed by atoms with Crippen LogP contribution in [0.25, 0.3) is 0 Å². The van der Waals surface area contributed by atoms with Gasteiger partial charge in [-0.1, -0.05) is 0 Å². The monoisotopic (exact) mass is 155 g/mol. The van der Waals surface area contributed by atoms with Gasteiger partial charge in [0.15, 0.2) is 0 Å². The van der Waals surface area contributed by atoms with E-state index in [0.717, 1.165) is 13.2 Å². The lowest BCUT2D eigenvalue weighted by Gasteiger charge is -2.40. The van der Waals surface area contributed by atoms with Gasteiger partial charge in [-0.3, -0.25) is 0 Å². The first kappa shape index (κ1) is 7.56. The molecule has 0 bridgehead atoms. The zero-order valence-electron chi connectivity index (χ0n) is 7.07. The third-order valence-electron chi connectivity index (χ3n) is 3.11. The zero-order valence-corrected chi connectivity index (χ0v) is 7.07. The van der Waals surface area contributed by atoms with Gasteiger partial charge in [0.1, 0.15) is 0 Å². The van der Waals surface area contributed by atoms with Crippen LogP contribution in [0.2, 0.25) is 0 Å². The predicted octanol–water partition coefficient (Wildman–Crippen LogP) is 1.17. The normalized spacial score (nSPS) is 30.5. The highest BCUT2D eigenvalue weighted by Gasteiger charge is 2.33. The fourth-order valence-electron chi connectivity index (χ4n) is 2.26. The van der Waals surface area contributed by atoms with Crippen LogP contribution < -0.4 is 5.32 Å². The van der Waals surface area contributed by atoms with Crippen molar-refractivity contribution in [3.05, 3.63) is 0 Å². The SMILES string of the molecule is C1CNCC2(C1)CCOCC2. The highest BCUT2D eigenvalue weighted by molar-refractivity contribution is 4.86. The lowest BCUT2D eigenvalue weighted by atomic mass is 9.75. The fraction of sp³-hybridized carbons (Fsp3) is 1.00. The number of ether oxygens (including phenoxy) is 1. The number of piperidine rings is 1. The van der Waals surface area contributed by atoms with Gasteiger partial charge in [-0.25, -0.2) is 0 Å². The van der Waals surface area contributed by atoms with Crippen LogP contribution in [0, 0.1) is 5.41 Å². The molecule has 1 N–H and O–H groups in total. The highest BCUT2D eigenvalue weighted by Crippen LogP contribution is 2.36. The summed E-state index contributed by atoms with van der Waals surface area (Å²) in [7, 11) is 0. The van der Waals surface area contributed by atoms with Gasteiger partial charge in [0.2, 0.25) is 0 Å². The summed E-state index contributed by atoms with van der Waals surface area (Å²) in [4.78, 5) is 0. The second kappa shape index (κ2) is 3.11. The molecule has 2 fully saturated rings. The number of hydrogen-bond donors (Lipinski definition) is 1. The number of hydrogen-bond acceptors (Lipinski definition) is 2. The average molecular weight is 155 g/mol. The van der Waals surface area contributed by atoms with Crippen LogP contribution in [0.3, 0.4) is 0 Å². The Bertz CT molecular complexity index is 104. The van der Waals surface area contributed by atoms with E-state index in [1.165, 1.54) is 38.8 Å². The Balaban J connectivity index is 1.94. The van der Waals surface area contributed by atoms with Gasteiger partial charge < -0.3 is 10.1 Å². The first-order valence-corrected chi connectivity index (χ1v) is 4.70. The van der Waals surface area contributed by atoms with Gasteiger partial charge in [0.25, 0.3) is 0 Å². The second-order valence-corrected chi connectivity index (χ2v) is 3.89. The zero-order chi connectivity index (χ0) is 7.57. The Hall–Kier alpha value is -0.0800. The smallest absolute Gasteiger partial charge is 0.0471 e. The summed E-state index contributed by atoms with van der Waals surface area (Å²) in [6.45, 7) is 4.43. The summed E-state index contributed by atoms with van der Waals surface area (Å²) in [6.07, 6.45) is 5.34. The van der Waals surface area contributed by atoms with Crippen LogP contribution in [-0.4, -0.2) is 26.3 Å². The van der Waals surface area contributed by atoms with Crippen molar-refractivity contribution in [1.29, 1.82) is 0 Å². The maximum Gasteiger partial charge on any atom is 0.0471 e. The predicted molar refractivity (Wildman–Crippen MR) is 44.6 cm³/mol. The fourth-order valence-corrected chi connectivity index (χ4v) is 2.26. The Morgan fingerprint density at radius 2 is 1.91 bits per heavy atom. The number of nitrogens with one attached hydrogen (secondary N) is 1. The molecule has 0 amide bonds. The first-order chi connectivity index (χ1) is 5.41. The van der Waals surface area contributed by atoms with Crippen molar-refractivity contribution >= 4 is 0 Å². The van der Waals surface area contributed by atoms with Crippen molar-refractivity contribution in [2.24, 2.45) is 5.41 Å². The molecule has 0 atom stereocenters. The van der Waals surface area contributed by atoms with Crippen LogP contribution in [0.15, 0.2) is 0 Å². The molecule has 2 saturated heterocycles. The molecular formula is C9H17NO. The summed E-state index contributed by atoms with van der Waals surface area (Å²) in [5.41, 5.74) is 0.622. The minimum atomic E-state index is 0.622. The molecule has 2 heteroatoms. The highest BCUT2D eigenvalue weighted by atomic mass is 16.5. The van der Waals surface area contributed by atoms with Crippen LogP contribution in [0.5, 0.6) is 0 Å². The first-order valence-electron chi connectivity index (χ1n) is 4.70. The molecule has 1 spiro atoms. The summed E-state index contributed by atoms with van der Waals surface area (Å²) in [5.74, 6) is 0. The number of rotatable bonds is 0. The molecule has 0 aromatic heterocycles. The van der Waals surface area contributed by atoms with Gasteiger partial charge in [-0.15, -0.1) is 0 Å². The molecule has 2 aliphatic heterocycles. The summed E-state index contributed by atoms with van der Waals surface area (Å²) in [6, 6.07) is 0. The summed E-state index contributed by atoms with van der Waals surface area (Å²) >= 11 is 0. The molecule has 0 aliphatic carbocycles. The van der Waals surface area contributed by atoms with E-state index in [-0.39, 0.29) is 0 Å². The molecule has 0 aromatic carbocycles. The maximum atomic E-state index is 5.37. The largest absolute Gasteiger partial charge is 0.381 e. The molecular weight excluding hydrogens is 138 g/mol. The quantitative estimate of drug-likeness (QED) is 0.567. The van der Waals surface area contributed by atoms with Crippen molar-refractivity contribution in [1.82, 2.24) is 5.32 Å². The molecule has 0 saturated carbocycles. The van der Waals surface area contributed by atoms with E-state index in [4.69, 9.17) is 4.74 Å². The third kappa shape index (κ3) is 1.57. The lowest BCUT2D eigenvalue weighted by molar-refractivity contribution is 0.00253. The van der Waals surface area contributed by atoms with Crippen molar-refractivity contribution in [3.63, 3.8) is 0 Å². The van der Waals surface area contributed by atoms with Crippen molar-refractivity contribution in [3.8, 4) is 0 Å².